The quantitative estimate of drug-likeness (QED) is 0.573. The van der Waals surface area contributed by atoms with E-state index < -0.39 is 10.0 Å². The molecule has 0 aliphatic carbocycles. The molecule has 3 aromatic rings. The zero-order valence-corrected chi connectivity index (χ0v) is 13.4. The Morgan fingerprint density at radius 1 is 1.14 bits per heavy atom. The molecule has 3 rings (SSSR count). The Morgan fingerprint density at radius 3 is 2.59 bits per heavy atom. The lowest BCUT2D eigenvalue weighted by Crippen LogP contribution is -2.23. The maximum Gasteiger partial charge on any atom is 0.258 e. The first-order chi connectivity index (χ1) is 10.5. The number of hydrogen-bond acceptors (Lipinski definition) is 5. The molecule has 22 heavy (non-hydrogen) atoms. The Bertz CT molecular complexity index is 854. The highest BCUT2D eigenvalue weighted by molar-refractivity contribution is 8.00. The minimum atomic E-state index is -3.52. The average Bonchev–Trinajstić information content (AvgIpc) is 2.90. The van der Waals surface area contributed by atoms with E-state index in [0.29, 0.717) is 10.8 Å². The molecule has 0 fully saturated rings. The molecule has 2 aromatic carbocycles. The molecule has 0 spiro atoms. The third kappa shape index (κ3) is 3.32. The molecule has 5 nitrogen and oxygen atoms in total. The number of nitrogens with zero attached hydrogens (tertiary/aromatic N) is 1. The topological polar surface area (TPSA) is 72.2 Å². The summed E-state index contributed by atoms with van der Waals surface area (Å²) in [7, 11) is -3.52. The molecule has 1 heterocycles. The minimum Gasteiger partial charge on any atom is -0.431 e. The lowest BCUT2D eigenvalue weighted by Gasteiger charge is -2.05. The number of oxazole rings is 1. The van der Waals surface area contributed by atoms with Crippen LogP contribution in [0.3, 0.4) is 0 Å². The number of fused-ring (bicyclic) bond motifs is 1. The number of rotatable bonds is 5. The zero-order valence-electron chi connectivity index (χ0n) is 11.8. The van der Waals surface area contributed by atoms with E-state index >= 15 is 0 Å². The Balaban J connectivity index is 1.65. The van der Waals surface area contributed by atoms with Gasteiger partial charge in [0, 0.05) is 0 Å². The van der Waals surface area contributed by atoms with Gasteiger partial charge in [-0.3, -0.25) is 0 Å². The lowest BCUT2D eigenvalue weighted by atomic mass is 10.2. The smallest absolute Gasteiger partial charge is 0.258 e. The summed E-state index contributed by atoms with van der Waals surface area (Å²) in [5.74, 6) is 0.156. The first-order valence-electron chi connectivity index (χ1n) is 6.59. The summed E-state index contributed by atoms with van der Waals surface area (Å²) in [5.41, 5.74) is 2.46. The molecule has 0 radical (unpaired) electrons. The van der Waals surface area contributed by atoms with Gasteiger partial charge < -0.3 is 4.42 Å². The van der Waals surface area contributed by atoms with Crippen LogP contribution in [0.15, 0.2) is 63.1 Å². The Kier molecular flexibility index (Phi) is 4.19. The standard InChI is InChI=1S/C15H14N2O3S2/c1-11-6-8-12(9-7-11)22(18,19)16-10-21-15-17-13-4-2-3-5-14(13)20-15/h2-9,16H,10H2,1H3. The number of sulfonamides is 1. The first kappa shape index (κ1) is 15.1. The van der Waals surface area contributed by atoms with Crippen LogP contribution < -0.4 is 4.72 Å². The van der Waals surface area contributed by atoms with Gasteiger partial charge in [0.25, 0.3) is 5.22 Å². The van der Waals surface area contributed by atoms with Crippen molar-refractivity contribution in [2.45, 2.75) is 17.0 Å². The van der Waals surface area contributed by atoms with Crippen molar-refractivity contribution in [3.8, 4) is 0 Å². The second kappa shape index (κ2) is 6.12. The van der Waals surface area contributed by atoms with Crippen LogP contribution in [0.2, 0.25) is 0 Å². The predicted molar refractivity (Wildman–Crippen MR) is 86.2 cm³/mol. The van der Waals surface area contributed by atoms with Gasteiger partial charge in [0.15, 0.2) is 5.58 Å². The second-order valence-corrected chi connectivity index (χ2v) is 7.39. The van der Waals surface area contributed by atoms with Gasteiger partial charge in [-0.2, -0.15) is 0 Å². The molecule has 0 aliphatic rings. The highest BCUT2D eigenvalue weighted by atomic mass is 32.2. The van der Waals surface area contributed by atoms with E-state index in [4.69, 9.17) is 4.42 Å². The van der Waals surface area contributed by atoms with E-state index in [-0.39, 0.29) is 10.8 Å². The fourth-order valence-electron chi connectivity index (χ4n) is 1.88. The third-order valence-corrected chi connectivity index (χ3v) is 5.36. The van der Waals surface area contributed by atoms with Gasteiger partial charge in [-0.15, -0.1) is 0 Å². The lowest BCUT2D eigenvalue weighted by molar-refractivity contribution is 0.489. The number of aryl methyl sites for hydroxylation is 1. The highest BCUT2D eigenvalue weighted by Gasteiger charge is 2.14. The van der Waals surface area contributed by atoms with Crippen LogP contribution in [0, 0.1) is 6.92 Å². The molecule has 0 amide bonds. The van der Waals surface area contributed by atoms with E-state index in [1.807, 2.05) is 31.2 Å². The maximum atomic E-state index is 12.1. The molecule has 1 N–H and O–H groups in total. The summed E-state index contributed by atoms with van der Waals surface area (Å²) < 4.78 is 32.3. The molecule has 0 aliphatic heterocycles. The highest BCUT2D eigenvalue weighted by Crippen LogP contribution is 2.22. The fraction of sp³-hybridized carbons (Fsp3) is 0.133. The molecule has 114 valence electrons. The largest absolute Gasteiger partial charge is 0.431 e. The summed E-state index contributed by atoms with van der Waals surface area (Å²) in [6.07, 6.45) is 0. The van der Waals surface area contributed by atoms with Crippen LogP contribution >= 0.6 is 11.8 Å². The zero-order chi connectivity index (χ0) is 15.6. The molecular weight excluding hydrogens is 320 g/mol. The van der Waals surface area contributed by atoms with Crippen molar-refractivity contribution in [1.29, 1.82) is 0 Å². The van der Waals surface area contributed by atoms with Gasteiger partial charge in [-0.1, -0.05) is 41.6 Å². The van der Waals surface area contributed by atoms with Gasteiger partial charge in [0.2, 0.25) is 10.0 Å². The van der Waals surface area contributed by atoms with Gasteiger partial charge in [-0.05, 0) is 31.2 Å². The monoisotopic (exact) mass is 334 g/mol. The van der Waals surface area contributed by atoms with Crippen LogP contribution in [0.4, 0.5) is 0 Å². The summed E-state index contributed by atoms with van der Waals surface area (Å²) in [6, 6.07) is 14.1. The number of nitrogens with one attached hydrogen (secondary N) is 1. The normalized spacial score (nSPS) is 11.9. The van der Waals surface area contributed by atoms with Crippen molar-refractivity contribution in [2.75, 3.05) is 5.88 Å². The summed E-state index contributed by atoms with van der Waals surface area (Å²) in [6.45, 7) is 1.91. The molecular formula is C15H14N2O3S2. The van der Waals surface area contributed by atoms with Crippen LogP contribution in [0.25, 0.3) is 11.1 Å². The van der Waals surface area contributed by atoms with E-state index in [1.165, 1.54) is 11.8 Å². The van der Waals surface area contributed by atoms with Crippen molar-refractivity contribution in [3.05, 3.63) is 54.1 Å². The van der Waals surface area contributed by atoms with Crippen molar-refractivity contribution < 1.29 is 12.8 Å². The Labute approximate surface area is 132 Å². The Hall–Kier alpha value is -1.83. The van der Waals surface area contributed by atoms with Crippen molar-refractivity contribution >= 4 is 32.9 Å². The fourth-order valence-corrected chi connectivity index (χ4v) is 3.83. The number of benzene rings is 2. The van der Waals surface area contributed by atoms with Gasteiger partial charge >= 0.3 is 0 Å². The number of hydrogen-bond donors (Lipinski definition) is 1. The SMILES string of the molecule is Cc1ccc(S(=O)(=O)NCSc2nc3ccccc3o2)cc1. The average molecular weight is 334 g/mol. The van der Waals surface area contributed by atoms with Crippen molar-refractivity contribution in [3.63, 3.8) is 0 Å². The maximum absolute atomic E-state index is 12.1. The summed E-state index contributed by atoms with van der Waals surface area (Å²) in [4.78, 5) is 4.52. The van der Waals surface area contributed by atoms with E-state index in [9.17, 15) is 8.42 Å². The molecule has 7 heteroatoms. The number of aromatic nitrogens is 1. The van der Waals surface area contributed by atoms with E-state index in [1.54, 1.807) is 24.3 Å². The van der Waals surface area contributed by atoms with Gasteiger partial charge in [-0.25, -0.2) is 18.1 Å². The van der Waals surface area contributed by atoms with Gasteiger partial charge in [0.05, 0.1) is 10.8 Å². The minimum absolute atomic E-state index is 0.156. The molecule has 0 unspecified atom stereocenters. The van der Waals surface area contributed by atoms with E-state index in [0.717, 1.165) is 11.1 Å². The molecule has 0 atom stereocenters. The molecule has 0 saturated heterocycles. The number of thioether (sulfide) groups is 1. The first-order valence-corrected chi connectivity index (χ1v) is 9.06. The van der Waals surface area contributed by atoms with Crippen LogP contribution in [-0.2, 0) is 10.0 Å². The van der Waals surface area contributed by atoms with E-state index in [2.05, 4.69) is 9.71 Å². The summed E-state index contributed by atoms with van der Waals surface area (Å²) in [5, 5.41) is 0.438. The number of para-hydroxylation sites is 2. The van der Waals surface area contributed by atoms with Gasteiger partial charge in [0.1, 0.15) is 5.52 Å². The molecule has 1 aromatic heterocycles. The van der Waals surface area contributed by atoms with Crippen LogP contribution in [0.1, 0.15) is 5.56 Å². The van der Waals surface area contributed by atoms with Crippen LogP contribution in [0.5, 0.6) is 0 Å². The summed E-state index contributed by atoms with van der Waals surface area (Å²) >= 11 is 1.20. The second-order valence-electron chi connectivity index (χ2n) is 4.70. The van der Waals surface area contributed by atoms with Crippen molar-refractivity contribution in [2.24, 2.45) is 0 Å². The predicted octanol–water partition coefficient (Wildman–Crippen LogP) is 3.16. The van der Waals surface area contributed by atoms with Crippen LogP contribution in [-0.4, -0.2) is 19.3 Å². The Morgan fingerprint density at radius 2 is 1.86 bits per heavy atom. The molecule has 0 bridgehead atoms. The third-order valence-electron chi connectivity index (χ3n) is 3.05. The molecule has 0 saturated carbocycles. The van der Waals surface area contributed by atoms with Crippen molar-refractivity contribution in [1.82, 2.24) is 9.71 Å².